The molecule has 2 nitrogen and oxygen atoms in total. The molecule has 0 aliphatic rings. The van der Waals surface area contributed by atoms with E-state index in [4.69, 9.17) is 10.5 Å². The smallest absolute Gasteiger partial charge is 0.126 e. The van der Waals surface area contributed by atoms with Gasteiger partial charge < -0.3 is 10.5 Å². The Morgan fingerprint density at radius 3 is 2.80 bits per heavy atom. The van der Waals surface area contributed by atoms with Gasteiger partial charge in [0.1, 0.15) is 12.4 Å². The van der Waals surface area contributed by atoms with Crippen LogP contribution in [0.4, 0.5) is 0 Å². The van der Waals surface area contributed by atoms with Gasteiger partial charge in [-0.1, -0.05) is 25.1 Å². The van der Waals surface area contributed by atoms with Crippen molar-refractivity contribution in [1.29, 1.82) is 0 Å². The van der Waals surface area contributed by atoms with Crippen LogP contribution in [0.2, 0.25) is 0 Å². The SMILES string of the molecule is CCC(N)Cc1cccc(C)c1OCc1sccc1Br. The predicted octanol–water partition coefficient (Wildman–Crippen LogP) is 4.68. The van der Waals surface area contributed by atoms with Crippen LogP contribution >= 0.6 is 27.3 Å². The molecule has 20 heavy (non-hydrogen) atoms. The van der Waals surface area contributed by atoms with Crippen molar-refractivity contribution in [3.05, 3.63) is 50.1 Å². The molecule has 0 radical (unpaired) electrons. The van der Waals surface area contributed by atoms with E-state index < -0.39 is 0 Å². The highest BCUT2D eigenvalue weighted by Gasteiger charge is 2.11. The van der Waals surface area contributed by atoms with Crippen LogP contribution in [0.3, 0.4) is 0 Å². The van der Waals surface area contributed by atoms with Crippen LogP contribution < -0.4 is 10.5 Å². The van der Waals surface area contributed by atoms with Crippen molar-refractivity contribution in [2.75, 3.05) is 0 Å². The lowest BCUT2D eigenvalue weighted by Crippen LogP contribution is -2.21. The van der Waals surface area contributed by atoms with E-state index >= 15 is 0 Å². The summed E-state index contributed by atoms with van der Waals surface area (Å²) in [5, 5.41) is 2.06. The first-order chi connectivity index (χ1) is 9.61. The average Bonchev–Trinajstić information content (AvgIpc) is 2.83. The Bertz CT molecular complexity index is 567. The third kappa shape index (κ3) is 3.84. The first-order valence-electron chi connectivity index (χ1n) is 6.80. The molecule has 1 aromatic heterocycles. The number of aryl methyl sites for hydroxylation is 1. The van der Waals surface area contributed by atoms with Crippen LogP contribution in [0, 0.1) is 6.92 Å². The van der Waals surface area contributed by atoms with E-state index in [0.717, 1.165) is 23.1 Å². The fourth-order valence-electron chi connectivity index (χ4n) is 2.07. The molecule has 2 N–H and O–H groups in total. The van der Waals surface area contributed by atoms with Crippen molar-refractivity contribution in [3.63, 3.8) is 0 Å². The summed E-state index contributed by atoms with van der Waals surface area (Å²) in [6.07, 6.45) is 1.84. The van der Waals surface area contributed by atoms with Crippen LogP contribution in [-0.4, -0.2) is 6.04 Å². The second kappa shape index (κ2) is 7.25. The van der Waals surface area contributed by atoms with E-state index in [0.29, 0.717) is 6.61 Å². The highest BCUT2D eigenvalue weighted by Crippen LogP contribution is 2.29. The predicted molar refractivity (Wildman–Crippen MR) is 89.5 cm³/mol. The third-order valence-corrected chi connectivity index (χ3v) is 5.24. The van der Waals surface area contributed by atoms with Gasteiger partial charge in [-0.15, -0.1) is 11.3 Å². The van der Waals surface area contributed by atoms with E-state index in [1.54, 1.807) is 11.3 Å². The topological polar surface area (TPSA) is 35.2 Å². The third-order valence-electron chi connectivity index (χ3n) is 3.34. The van der Waals surface area contributed by atoms with Gasteiger partial charge in [-0.2, -0.15) is 0 Å². The molecule has 0 spiro atoms. The van der Waals surface area contributed by atoms with Crippen LogP contribution in [-0.2, 0) is 13.0 Å². The highest BCUT2D eigenvalue weighted by molar-refractivity contribution is 9.10. The summed E-state index contributed by atoms with van der Waals surface area (Å²) in [5.74, 6) is 0.983. The zero-order valence-electron chi connectivity index (χ0n) is 11.9. The molecular formula is C16H20BrNOS. The van der Waals surface area contributed by atoms with Crippen LogP contribution in [0.1, 0.15) is 29.3 Å². The Kier molecular flexibility index (Phi) is 5.64. The van der Waals surface area contributed by atoms with Crippen LogP contribution in [0.15, 0.2) is 34.1 Å². The van der Waals surface area contributed by atoms with Gasteiger partial charge in [-0.3, -0.25) is 0 Å². The molecule has 108 valence electrons. The Morgan fingerprint density at radius 1 is 1.35 bits per heavy atom. The maximum absolute atomic E-state index is 6.08. The molecule has 1 aromatic carbocycles. The van der Waals surface area contributed by atoms with Gasteiger partial charge in [-0.25, -0.2) is 0 Å². The van der Waals surface area contributed by atoms with Gasteiger partial charge in [0.25, 0.3) is 0 Å². The summed E-state index contributed by atoms with van der Waals surface area (Å²) in [5.41, 5.74) is 8.44. The molecule has 0 bridgehead atoms. The van der Waals surface area contributed by atoms with Gasteiger partial charge in [0.15, 0.2) is 0 Å². The summed E-state index contributed by atoms with van der Waals surface area (Å²) in [6, 6.07) is 8.50. The number of para-hydroxylation sites is 1. The zero-order chi connectivity index (χ0) is 14.5. The number of halogens is 1. The number of hydrogen-bond donors (Lipinski definition) is 1. The van der Waals surface area contributed by atoms with Gasteiger partial charge in [0.2, 0.25) is 0 Å². The molecule has 0 saturated carbocycles. The lowest BCUT2D eigenvalue weighted by atomic mass is 10.0. The Balaban J connectivity index is 2.15. The number of thiophene rings is 1. The molecule has 0 amide bonds. The normalized spacial score (nSPS) is 12.4. The molecule has 1 unspecified atom stereocenters. The quantitative estimate of drug-likeness (QED) is 0.818. The minimum atomic E-state index is 0.188. The Labute approximate surface area is 133 Å². The summed E-state index contributed by atoms with van der Waals surface area (Å²) >= 11 is 5.24. The molecule has 0 aliphatic heterocycles. The van der Waals surface area contributed by atoms with Crippen molar-refractivity contribution in [2.45, 2.75) is 39.3 Å². The Morgan fingerprint density at radius 2 is 2.15 bits per heavy atom. The molecule has 2 aromatic rings. The average molecular weight is 354 g/mol. The van der Waals surface area contributed by atoms with Crippen molar-refractivity contribution in [3.8, 4) is 5.75 Å². The molecule has 1 atom stereocenters. The number of benzene rings is 1. The minimum absolute atomic E-state index is 0.188. The van der Waals surface area contributed by atoms with E-state index in [2.05, 4.69) is 59.4 Å². The molecule has 4 heteroatoms. The van der Waals surface area contributed by atoms with E-state index in [1.165, 1.54) is 16.0 Å². The molecule has 0 aliphatic carbocycles. The molecule has 0 saturated heterocycles. The van der Waals surface area contributed by atoms with Gasteiger partial charge in [0, 0.05) is 10.5 Å². The lowest BCUT2D eigenvalue weighted by molar-refractivity contribution is 0.303. The second-order valence-electron chi connectivity index (χ2n) is 4.92. The van der Waals surface area contributed by atoms with Crippen molar-refractivity contribution >= 4 is 27.3 Å². The Hall–Kier alpha value is -0.840. The van der Waals surface area contributed by atoms with Crippen LogP contribution in [0.25, 0.3) is 0 Å². The molecule has 2 rings (SSSR count). The molecule has 1 heterocycles. The van der Waals surface area contributed by atoms with Crippen molar-refractivity contribution < 1.29 is 4.74 Å². The van der Waals surface area contributed by atoms with Gasteiger partial charge >= 0.3 is 0 Å². The standard InChI is InChI=1S/C16H20BrNOS/c1-3-13(18)9-12-6-4-5-11(2)16(12)19-10-15-14(17)7-8-20-15/h4-8,13H,3,9-10,18H2,1-2H3. The fourth-order valence-corrected chi connectivity index (χ4v) is 3.45. The van der Waals surface area contributed by atoms with E-state index in [-0.39, 0.29) is 6.04 Å². The van der Waals surface area contributed by atoms with Crippen LogP contribution in [0.5, 0.6) is 5.75 Å². The molecular weight excluding hydrogens is 334 g/mol. The lowest BCUT2D eigenvalue weighted by Gasteiger charge is -2.16. The first-order valence-corrected chi connectivity index (χ1v) is 8.47. The van der Waals surface area contributed by atoms with Crippen molar-refractivity contribution in [1.82, 2.24) is 0 Å². The maximum atomic E-state index is 6.08. The molecule has 0 fully saturated rings. The summed E-state index contributed by atoms with van der Waals surface area (Å²) < 4.78 is 7.18. The highest BCUT2D eigenvalue weighted by atomic mass is 79.9. The summed E-state index contributed by atoms with van der Waals surface area (Å²) in [6.45, 7) is 4.79. The number of ether oxygens (including phenoxy) is 1. The monoisotopic (exact) mass is 353 g/mol. The van der Waals surface area contributed by atoms with E-state index in [9.17, 15) is 0 Å². The van der Waals surface area contributed by atoms with Crippen molar-refractivity contribution in [2.24, 2.45) is 5.73 Å². The van der Waals surface area contributed by atoms with Gasteiger partial charge in [-0.05, 0) is 58.3 Å². The largest absolute Gasteiger partial charge is 0.487 e. The number of nitrogens with two attached hydrogens (primary N) is 1. The summed E-state index contributed by atoms with van der Waals surface area (Å²) in [7, 11) is 0. The second-order valence-corrected chi connectivity index (χ2v) is 6.77. The minimum Gasteiger partial charge on any atom is -0.487 e. The number of rotatable bonds is 6. The maximum Gasteiger partial charge on any atom is 0.126 e. The first kappa shape index (κ1) is 15.5. The zero-order valence-corrected chi connectivity index (χ0v) is 14.3. The summed E-state index contributed by atoms with van der Waals surface area (Å²) in [4.78, 5) is 1.21. The fraction of sp³-hybridized carbons (Fsp3) is 0.375. The van der Waals surface area contributed by atoms with Gasteiger partial charge in [0.05, 0.1) is 4.88 Å². The van der Waals surface area contributed by atoms with E-state index in [1.807, 2.05) is 0 Å². The number of hydrogen-bond acceptors (Lipinski definition) is 3.